The van der Waals surface area contributed by atoms with Gasteiger partial charge >= 0.3 is 0 Å². The van der Waals surface area contributed by atoms with Gasteiger partial charge in [-0.1, -0.05) is 6.07 Å². The summed E-state index contributed by atoms with van der Waals surface area (Å²) in [5, 5.41) is 6.45. The van der Waals surface area contributed by atoms with Gasteiger partial charge in [0.1, 0.15) is 23.7 Å². The molecule has 0 spiro atoms. The number of fused-ring (bicyclic) bond motifs is 2. The first-order valence-corrected chi connectivity index (χ1v) is 10.7. The van der Waals surface area contributed by atoms with Gasteiger partial charge < -0.3 is 15.8 Å². The van der Waals surface area contributed by atoms with Crippen molar-refractivity contribution in [3.63, 3.8) is 0 Å². The smallest absolute Gasteiger partial charge is 0.270 e. The zero-order valence-corrected chi connectivity index (χ0v) is 18.1. The first-order chi connectivity index (χ1) is 15.9. The maximum atomic E-state index is 13.8. The molecule has 2 aromatic heterocycles. The van der Waals surface area contributed by atoms with Gasteiger partial charge in [-0.25, -0.2) is 13.9 Å². The summed E-state index contributed by atoms with van der Waals surface area (Å²) in [6.07, 6.45) is 4.00. The van der Waals surface area contributed by atoms with Crippen molar-refractivity contribution in [1.29, 1.82) is 0 Å². The Morgan fingerprint density at radius 3 is 2.76 bits per heavy atom. The third-order valence-corrected chi connectivity index (χ3v) is 5.41. The molecule has 0 radical (unpaired) electrons. The van der Waals surface area contributed by atoms with Crippen molar-refractivity contribution in [2.45, 2.75) is 32.7 Å². The highest BCUT2D eigenvalue weighted by molar-refractivity contribution is 5.98. The van der Waals surface area contributed by atoms with Crippen LogP contribution in [-0.4, -0.2) is 45.2 Å². The van der Waals surface area contributed by atoms with Gasteiger partial charge in [-0.15, -0.1) is 0 Å². The van der Waals surface area contributed by atoms with Gasteiger partial charge in [0.05, 0.1) is 6.20 Å². The lowest BCUT2D eigenvalue weighted by Crippen LogP contribution is -2.25. The lowest BCUT2D eigenvalue weighted by atomic mass is 10.0. The SMILES string of the molecule is CC(=O)c1cc(C(=O)NCc2ccc3c(c2)CC(=O)CO3)nc2c(F)cnn12.NCC1CC1. The number of amides is 1. The minimum absolute atomic E-state index is 0.00853. The second-order valence-electron chi connectivity index (χ2n) is 8.12. The maximum Gasteiger partial charge on any atom is 0.270 e. The van der Waals surface area contributed by atoms with Crippen molar-refractivity contribution < 1.29 is 23.5 Å². The van der Waals surface area contributed by atoms with Crippen LogP contribution in [0.3, 0.4) is 0 Å². The van der Waals surface area contributed by atoms with E-state index in [2.05, 4.69) is 15.4 Å². The molecule has 9 nitrogen and oxygen atoms in total. The molecule has 0 unspecified atom stereocenters. The van der Waals surface area contributed by atoms with E-state index in [1.807, 2.05) is 0 Å². The molecular weight excluding hydrogens is 429 g/mol. The summed E-state index contributed by atoms with van der Waals surface area (Å²) in [5.41, 5.74) is 6.55. The Labute approximate surface area is 189 Å². The minimum Gasteiger partial charge on any atom is -0.486 e. The standard InChI is InChI=1S/C19H15FN4O4.C4H9N/c1-10(25)16-6-15(23-18-14(20)8-22-24(16)18)19(27)21-7-11-2-3-17-12(4-11)5-13(26)9-28-17;5-3-4-1-2-4/h2-4,6,8H,5,7,9H2,1H3,(H,21,27);4H,1-3,5H2. The van der Waals surface area contributed by atoms with Crippen LogP contribution in [0.1, 0.15) is 51.9 Å². The lowest BCUT2D eigenvalue weighted by Gasteiger charge is -2.17. The Balaban J connectivity index is 0.000000459. The zero-order chi connectivity index (χ0) is 23.5. The van der Waals surface area contributed by atoms with Gasteiger partial charge in [-0.2, -0.15) is 5.10 Å². The van der Waals surface area contributed by atoms with E-state index in [0.717, 1.165) is 34.3 Å². The normalized spacial score (nSPS) is 14.7. The van der Waals surface area contributed by atoms with Crippen LogP contribution in [0.5, 0.6) is 5.75 Å². The third-order valence-electron chi connectivity index (χ3n) is 5.41. The van der Waals surface area contributed by atoms with Crippen LogP contribution >= 0.6 is 0 Å². The summed E-state index contributed by atoms with van der Waals surface area (Å²) >= 11 is 0. The van der Waals surface area contributed by atoms with Crippen molar-refractivity contribution in [3.8, 4) is 5.75 Å². The molecule has 5 rings (SSSR count). The summed E-state index contributed by atoms with van der Waals surface area (Å²) in [6, 6.07) is 6.60. The second-order valence-corrected chi connectivity index (χ2v) is 8.12. The van der Waals surface area contributed by atoms with Crippen LogP contribution in [-0.2, 0) is 17.8 Å². The molecule has 3 heterocycles. The summed E-state index contributed by atoms with van der Waals surface area (Å²) in [5.74, 6) is -0.0963. The largest absolute Gasteiger partial charge is 0.486 e. The molecule has 1 fully saturated rings. The number of nitrogens with zero attached hydrogens (tertiary/aromatic N) is 3. The Morgan fingerprint density at radius 2 is 2.09 bits per heavy atom. The molecule has 33 heavy (non-hydrogen) atoms. The van der Waals surface area contributed by atoms with E-state index in [1.165, 1.54) is 25.8 Å². The second kappa shape index (κ2) is 9.45. The summed E-state index contributed by atoms with van der Waals surface area (Å²) in [6.45, 7) is 2.46. The molecule has 3 aromatic rings. The number of halogens is 1. The van der Waals surface area contributed by atoms with Crippen molar-refractivity contribution in [1.82, 2.24) is 19.9 Å². The highest BCUT2D eigenvalue weighted by Crippen LogP contribution is 2.26. The maximum absolute atomic E-state index is 13.8. The Hall–Kier alpha value is -3.66. The highest BCUT2D eigenvalue weighted by atomic mass is 19.1. The van der Waals surface area contributed by atoms with E-state index in [9.17, 15) is 18.8 Å². The molecule has 0 saturated heterocycles. The number of ether oxygens (including phenoxy) is 1. The molecule has 2 aliphatic rings. The van der Waals surface area contributed by atoms with Gasteiger partial charge in [0.25, 0.3) is 5.91 Å². The highest BCUT2D eigenvalue weighted by Gasteiger charge is 2.20. The molecule has 1 amide bonds. The van der Waals surface area contributed by atoms with Crippen LogP contribution in [0.4, 0.5) is 4.39 Å². The Kier molecular flexibility index (Phi) is 6.45. The van der Waals surface area contributed by atoms with E-state index >= 15 is 0 Å². The van der Waals surface area contributed by atoms with E-state index in [0.29, 0.717) is 5.75 Å². The average molecular weight is 453 g/mol. The molecule has 0 bridgehead atoms. The number of hydrogen-bond donors (Lipinski definition) is 2. The minimum atomic E-state index is -0.725. The number of Topliss-reactive ketones (excluding diaryl/α,β-unsaturated/α-hetero) is 2. The monoisotopic (exact) mass is 453 g/mol. The topological polar surface area (TPSA) is 129 Å². The van der Waals surface area contributed by atoms with Crippen LogP contribution in [0.2, 0.25) is 0 Å². The number of benzene rings is 1. The van der Waals surface area contributed by atoms with Gasteiger partial charge in [0.15, 0.2) is 23.0 Å². The van der Waals surface area contributed by atoms with Crippen molar-refractivity contribution in [2.24, 2.45) is 11.7 Å². The molecular formula is C23H24FN5O4. The first-order valence-electron chi connectivity index (χ1n) is 10.7. The first kappa shape index (κ1) is 22.5. The number of rotatable bonds is 5. The Morgan fingerprint density at radius 1 is 1.30 bits per heavy atom. The Bertz CT molecular complexity index is 1240. The molecule has 0 atom stereocenters. The van der Waals surface area contributed by atoms with Crippen LogP contribution < -0.4 is 15.8 Å². The number of carbonyl (C=O) groups is 3. The average Bonchev–Trinajstić information content (AvgIpc) is 3.58. The van der Waals surface area contributed by atoms with Crippen LogP contribution in [0.15, 0.2) is 30.5 Å². The van der Waals surface area contributed by atoms with E-state index in [-0.39, 0.29) is 48.2 Å². The zero-order valence-electron chi connectivity index (χ0n) is 18.1. The fourth-order valence-electron chi connectivity index (χ4n) is 3.37. The summed E-state index contributed by atoms with van der Waals surface area (Å²) in [7, 11) is 0. The summed E-state index contributed by atoms with van der Waals surface area (Å²) < 4.78 is 20.3. The molecule has 3 N–H and O–H groups in total. The molecule has 1 aliphatic heterocycles. The van der Waals surface area contributed by atoms with Crippen molar-refractivity contribution >= 4 is 23.1 Å². The number of hydrogen-bond acceptors (Lipinski definition) is 7. The number of aromatic nitrogens is 3. The van der Waals surface area contributed by atoms with Gasteiger partial charge in [0.2, 0.25) is 0 Å². The molecule has 10 heteroatoms. The number of ketones is 2. The predicted molar refractivity (Wildman–Crippen MR) is 117 cm³/mol. The van der Waals surface area contributed by atoms with Gasteiger partial charge in [0, 0.05) is 25.5 Å². The van der Waals surface area contributed by atoms with Crippen molar-refractivity contribution in [3.05, 3.63) is 58.8 Å². The van der Waals surface area contributed by atoms with E-state index < -0.39 is 11.7 Å². The van der Waals surface area contributed by atoms with Gasteiger partial charge in [-0.3, -0.25) is 14.4 Å². The molecule has 1 aliphatic carbocycles. The molecule has 1 saturated carbocycles. The van der Waals surface area contributed by atoms with Crippen LogP contribution in [0, 0.1) is 11.7 Å². The van der Waals surface area contributed by atoms with Gasteiger partial charge in [-0.05, 0) is 49.1 Å². The number of nitrogens with two attached hydrogens (primary N) is 1. The molecule has 172 valence electrons. The van der Waals surface area contributed by atoms with Crippen molar-refractivity contribution in [2.75, 3.05) is 13.2 Å². The quantitative estimate of drug-likeness (QED) is 0.564. The summed E-state index contributed by atoms with van der Waals surface area (Å²) in [4.78, 5) is 39.8. The fourth-order valence-corrected chi connectivity index (χ4v) is 3.37. The molecule has 1 aromatic carbocycles. The van der Waals surface area contributed by atoms with E-state index in [4.69, 9.17) is 10.5 Å². The van der Waals surface area contributed by atoms with Crippen LogP contribution in [0.25, 0.3) is 5.65 Å². The fraction of sp³-hybridized carbons (Fsp3) is 0.348. The predicted octanol–water partition coefficient (Wildman–Crippen LogP) is 1.86. The third kappa shape index (κ3) is 5.23. The lowest BCUT2D eigenvalue weighted by molar-refractivity contribution is -0.121. The number of nitrogens with one attached hydrogen (secondary N) is 1. The van der Waals surface area contributed by atoms with E-state index in [1.54, 1.807) is 18.2 Å². The number of carbonyl (C=O) groups excluding carboxylic acids is 3.